The largest absolute Gasteiger partial charge is 0.328 e. The highest BCUT2D eigenvalue weighted by atomic mass is 35.5. The Labute approximate surface area is 116 Å². The number of hydrogen-bond donors (Lipinski definition) is 1. The molecule has 2 rings (SSSR count). The molecule has 0 bridgehead atoms. The van der Waals surface area contributed by atoms with Gasteiger partial charge in [-0.2, -0.15) is 0 Å². The van der Waals surface area contributed by atoms with Crippen molar-refractivity contribution < 1.29 is 4.39 Å². The Morgan fingerprint density at radius 3 is 2.68 bits per heavy atom. The molecule has 0 spiro atoms. The summed E-state index contributed by atoms with van der Waals surface area (Å²) >= 11 is 6.03. The fourth-order valence-corrected chi connectivity index (χ4v) is 2.11. The van der Waals surface area contributed by atoms with Crippen LogP contribution in [0.25, 0.3) is 11.4 Å². The molecule has 1 heterocycles. The molecule has 3 nitrogen and oxygen atoms in total. The van der Waals surface area contributed by atoms with Gasteiger partial charge < -0.3 is 5.73 Å². The second-order valence-corrected chi connectivity index (χ2v) is 5.04. The number of benzene rings is 1. The van der Waals surface area contributed by atoms with Crippen molar-refractivity contribution in [1.82, 2.24) is 9.97 Å². The molecule has 19 heavy (non-hydrogen) atoms. The number of hydrogen-bond acceptors (Lipinski definition) is 3. The van der Waals surface area contributed by atoms with Crippen LogP contribution < -0.4 is 5.73 Å². The van der Waals surface area contributed by atoms with E-state index in [0.717, 1.165) is 11.4 Å². The lowest BCUT2D eigenvalue weighted by Crippen LogP contribution is -2.19. The quantitative estimate of drug-likeness (QED) is 0.939. The van der Waals surface area contributed by atoms with Gasteiger partial charge in [0, 0.05) is 29.4 Å². The molecule has 1 aromatic carbocycles. The normalized spacial score (nSPS) is 12.5. The Hall–Kier alpha value is -1.52. The zero-order valence-electron chi connectivity index (χ0n) is 10.8. The molecule has 1 aromatic heterocycles. The van der Waals surface area contributed by atoms with Crippen LogP contribution in [0, 0.1) is 12.7 Å². The first-order chi connectivity index (χ1) is 8.95. The van der Waals surface area contributed by atoms with Crippen molar-refractivity contribution in [3.05, 3.63) is 46.5 Å². The molecule has 0 aliphatic heterocycles. The lowest BCUT2D eigenvalue weighted by Gasteiger charge is -2.09. The summed E-state index contributed by atoms with van der Waals surface area (Å²) in [5, 5.41) is 0.303. The van der Waals surface area contributed by atoms with Crippen molar-refractivity contribution in [2.75, 3.05) is 0 Å². The van der Waals surface area contributed by atoms with Crippen molar-refractivity contribution in [2.24, 2.45) is 5.73 Å². The first kappa shape index (κ1) is 13.9. The fraction of sp³-hybridized carbons (Fsp3) is 0.286. The highest BCUT2D eigenvalue weighted by Crippen LogP contribution is 2.26. The second-order valence-electron chi connectivity index (χ2n) is 4.63. The van der Waals surface area contributed by atoms with E-state index in [-0.39, 0.29) is 11.9 Å². The van der Waals surface area contributed by atoms with Gasteiger partial charge in [-0.05, 0) is 38.1 Å². The molecular formula is C14H15ClFN3. The van der Waals surface area contributed by atoms with Gasteiger partial charge in [0.25, 0.3) is 0 Å². The van der Waals surface area contributed by atoms with Crippen molar-refractivity contribution in [3.8, 4) is 11.4 Å². The highest BCUT2D eigenvalue weighted by Gasteiger charge is 2.10. The standard InChI is InChI=1S/C14H15ClFN3/c1-8(17)5-11-6-9(2)18-14(19-11)12-4-3-10(16)7-13(12)15/h3-4,6-8H,5,17H2,1-2H3. The first-order valence-electron chi connectivity index (χ1n) is 6.01. The molecule has 1 atom stereocenters. The topological polar surface area (TPSA) is 51.8 Å². The summed E-state index contributed by atoms with van der Waals surface area (Å²) in [6, 6.07) is 6.10. The Balaban J connectivity index is 2.46. The third-order valence-electron chi connectivity index (χ3n) is 2.61. The molecule has 2 N–H and O–H groups in total. The van der Waals surface area contributed by atoms with Crippen LogP contribution in [0.4, 0.5) is 4.39 Å². The molecular weight excluding hydrogens is 265 g/mol. The van der Waals surface area contributed by atoms with Gasteiger partial charge in [-0.1, -0.05) is 11.6 Å². The van der Waals surface area contributed by atoms with Crippen LogP contribution in [0.2, 0.25) is 5.02 Å². The molecule has 0 amide bonds. The molecule has 0 fully saturated rings. The van der Waals surface area contributed by atoms with E-state index in [2.05, 4.69) is 9.97 Å². The highest BCUT2D eigenvalue weighted by molar-refractivity contribution is 6.33. The van der Waals surface area contributed by atoms with Gasteiger partial charge in [-0.3, -0.25) is 0 Å². The van der Waals surface area contributed by atoms with E-state index < -0.39 is 0 Å². The molecule has 0 saturated carbocycles. The van der Waals surface area contributed by atoms with Crippen LogP contribution in [0.3, 0.4) is 0 Å². The van der Waals surface area contributed by atoms with E-state index in [1.165, 1.54) is 12.1 Å². The Morgan fingerprint density at radius 2 is 2.05 bits per heavy atom. The molecule has 1 unspecified atom stereocenters. The summed E-state index contributed by atoms with van der Waals surface area (Å²) < 4.78 is 13.1. The summed E-state index contributed by atoms with van der Waals surface area (Å²) in [4.78, 5) is 8.78. The number of aromatic nitrogens is 2. The van der Waals surface area contributed by atoms with Crippen LogP contribution in [0.1, 0.15) is 18.3 Å². The summed E-state index contributed by atoms with van der Waals surface area (Å²) in [5.41, 5.74) is 8.09. The number of halogens is 2. The average Bonchev–Trinajstić information content (AvgIpc) is 2.26. The molecule has 0 aliphatic carbocycles. The predicted molar refractivity (Wildman–Crippen MR) is 74.5 cm³/mol. The van der Waals surface area contributed by atoms with E-state index in [0.29, 0.717) is 22.8 Å². The zero-order chi connectivity index (χ0) is 14.0. The monoisotopic (exact) mass is 279 g/mol. The SMILES string of the molecule is Cc1cc(CC(C)N)nc(-c2ccc(F)cc2Cl)n1. The summed E-state index contributed by atoms with van der Waals surface area (Å²) in [6.45, 7) is 3.80. The van der Waals surface area contributed by atoms with Crippen molar-refractivity contribution in [2.45, 2.75) is 26.3 Å². The van der Waals surface area contributed by atoms with Crippen LogP contribution >= 0.6 is 11.6 Å². The van der Waals surface area contributed by atoms with Gasteiger partial charge >= 0.3 is 0 Å². The number of rotatable bonds is 3. The van der Waals surface area contributed by atoms with Gasteiger partial charge in [0.1, 0.15) is 5.82 Å². The molecule has 2 aromatic rings. The number of nitrogens with two attached hydrogens (primary N) is 1. The smallest absolute Gasteiger partial charge is 0.161 e. The molecule has 0 aliphatic rings. The first-order valence-corrected chi connectivity index (χ1v) is 6.39. The summed E-state index contributed by atoms with van der Waals surface area (Å²) in [6.07, 6.45) is 0.662. The van der Waals surface area contributed by atoms with Crippen LogP contribution in [-0.2, 0) is 6.42 Å². The van der Waals surface area contributed by atoms with E-state index >= 15 is 0 Å². The molecule has 100 valence electrons. The van der Waals surface area contributed by atoms with E-state index in [4.69, 9.17) is 17.3 Å². The van der Waals surface area contributed by atoms with Gasteiger partial charge in [-0.15, -0.1) is 0 Å². The summed E-state index contributed by atoms with van der Waals surface area (Å²) in [7, 11) is 0. The Kier molecular flexibility index (Phi) is 4.12. The summed E-state index contributed by atoms with van der Waals surface area (Å²) in [5.74, 6) is 0.123. The minimum absolute atomic E-state index is 0.0193. The molecule has 0 saturated heterocycles. The number of nitrogens with zero attached hydrogens (tertiary/aromatic N) is 2. The van der Waals surface area contributed by atoms with Crippen molar-refractivity contribution in [3.63, 3.8) is 0 Å². The van der Waals surface area contributed by atoms with Crippen LogP contribution in [0.5, 0.6) is 0 Å². The van der Waals surface area contributed by atoms with Crippen molar-refractivity contribution >= 4 is 11.6 Å². The van der Waals surface area contributed by atoms with Gasteiger partial charge in [0.05, 0.1) is 5.02 Å². The van der Waals surface area contributed by atoms with Gasteiger partial charge in [0.15, 0.2) is 5.82 Å². The second kappa shape index (κ2) is 5.63. The van der Waals surface area contributed by atoms with E-state index in [1.54, 1.807) is 6.07 Å². The van der Waals surface area contributed by atoms with Crippen LogP contribution in [0.15, 0.2) is 24.3 Å². The lowest BCUT2D eigenvalue weighted by atomic mass is 10.1. The minimum Gasteiger partial charge on any atom is -0.328 e. The third-order valence-corrected chi connectivity index (χ3v) is 2.92. The van der Waals surface area contributed by atoms with E-state index in [9.17, 15) is 4.39 Å². The maximum atomic E-state index is 13.1. The molecule has 0 radical (unpaired) electrons. The maximum Gasteiger partial charge on any atom is 0.161 e. The van der Waals surface area contributed by atoms with Crippen molar-refractivity contribution in [1.29, 1.82) is 0 Å². The Bertz CT molecular complexity index is 599. The third kappa shape index (κ3) is 3.49. The molecule has 5 heteroatoms. The number of aryl methyl sites for hydroxylation is 1. The fourth-order valence-electron chi connectivity index (χ4n) is 1.86. The minimum atomic E-state index is -0.378. The van der Waals surface area contributed by atoms with Crippen LogP contribution in [-0.4, -0.2) is 16.0 Å². The lowest BCUT2D eigenvalue weighted by molar-refractivity contribution is 0.628. The van der Waals surface area contributed by atoms with Gasteiger partial charge in [0.2, 0.25) is 0 Å². The zero-order valence-corrected chi connectivity index (χ0v) is 11.6. The Morgan fingerprint density at radius 1 is 1.32 bits per heavy atom. The van der Waals surface area contributed by atoms with Gasteiger partial charge in [-0.25, -0.2) is 14.4 Å². The predicted octanol–water partition coefficient (Wildman–Crippen LogP) is 3.13. The maximum absolute atomic E-state index is 13.1. The van der Waals surface area contributed by atoms with E-state index in [1.807, 2.05) is 19.9 Å². The average molecular weight is 280 g/mol.